The molecule has 16 amide bonds. The molecular formula is C66H74Cl2N8O20S8. The minimum absolute atomic E-state index is 0.0204. The summed E-state index contributed by atoms with van der Waals surface area (Å²) in [6.07, 6.45) is 19.8. The number of amides is 16. The molecule has 0 saturated carbocycles. The van der Waals surface area contributed by atoms with Crippen LogP contribution in [0.15, 0.2) is 190 Å². The van der Waals surface area contributed by atoms with Crippen LogP contribution in [0.25, 0.3) is 0 Å². The Kier molecular flexibility index (Phi) is 49.6. The van der Waals surface area contributed by atoms with Gasteiger partial charge in [-0.15, -0.1) is 23.2 Å². The van der Waals surface area contributed by atoms with Crippen molar-refractivity contribution in [2.75, 3.05) is 90.6 Å². The van der Waals surface area contributed by atoms with E-state index in [2.05, 4.69) is 32.7 Å². The average Bonchev–Trinajstić information content (AvgIpc) is 1.52. The van der Waals surface area contributed by atoms with Crippen molar-refractivity contribution >= 4 is 213 Å². The lowest BCUT2D eigenvalue weighted by molar-refractivity contribution is -0.152. The van der Waals surface area contributed by atoms with Crippen molar-refractivity contribution in [3.8, 4) is 0 Å². The lowest BCUT2D eigenvalue weighted by Crippen LogP contribution is -2.41. The standard InChI is InChI=1S/2C10H9NO3S.2C10H7NO2S.2C5H7NO3S.2C5H5NO2S.2C2H6.2CH3Cl/c2*12-9-6-14-7-10(13)11(9)15-8-4-2-1-3-5-8;2*12-9-6-7-10(13)11(9)14-8-4-2-1-3-5-8;2*1-10-6-4(7)2-9-3-5(6)8;2*1-9-6-4(7)2-3-5(6)8;4*1-2/h2*1-5H,6-7H2;2*1-7H;2*2-3H2,1H3;2*2-3H,1H3;2*1-2H3;2*1H3. The van der Waals surface area contributed by atoms with Gasteiger partial charge in [0.05, 0.1) is 0 Å². The molecule has 4 saturated heterocycles. The second-order valence-corrected chi connectivity index (χ2v) is 24.9. The Labute approximate surface area is 646 Å². The molecule has 0 spiro atoms. The van der Waals surface area contributed by atoms with Crippen LogP contribution in [0.1, 0.15) is 27.7 Å². The van der Waals surface area contributed by atoms with Crippen LogP contribution < -0.4 is 0 Å². The van der Waals surface area contributed by atoms with E-state index in [9.17, 15) is 76.7 Å². The summed E-state index contributed by atoms with van der Waals surface area (Å²) >= 11 is 18.3. The molecule has 0 N–H and O–H groups in total. The second kappa shape index (κ2) is 54.7. The van der Waals surface area contributed by atoms with Crippen LogP contribution in [0.2, 0.25) is 0 Å². The number of morpholine rings is 4. The number of rotatable bonds is 12. The van der Waals surface area contributed by atoms with Gasteiger partial charge in [0, 0.05) is 106 Å². The number of benzene rings is 4. The van der Waals surface area contributed by atoms with Crippen LogP contribution in [0.5, 0.6) is 0 Å². The molecule has 38 heteroatoms. The van der Waals surface area contributed by atoms with Crippen LogP contribution in [0.4, 0.5) is 0 Å². The number of carbonyl (C=O) groups excluding carboxylic acids is 16. The molecule has 4 aromatic rings. The maximum atomic E-state index is 11.4. The maximum Gasteiger partial charge on any atom is 0.265 e. The fourth-order valence-corrected chi connectivity index (χ4v) is 12.1. The van der Waals surface area contributed by atoms with Gasteiger partial charge in [0.1, 0.15) is 52.9 Å². The highest BCUT2D eigenvalue weighted by Gasteiger charge is 2.31. The molecule has 560 valence electrons. The van der Waals surface area contributed by atoms with Crippen molar-refractivity contribution in [1.29, 1.82) is 0 Å². The molecule has 0 aromatic heterocycles. The minimum atomic E-state index is -0.305. The highest BCUT2D eigenvalue weighted by Crippen LogP contribution is 2.28. The molecule has 4 fully saturated rings. The lowest BCUT2D eigenvalue weighted by atomic mass is 10.4. The van der Waals surface area contributed by atoms with Gasteiger partial charge < -0.3 is 18.9 Å². The molecule has 0 radical (unpaired) electrons. The molecule has 4 aromatic carbocycles. The van der Waals surface area contributed by atoms with E-state index in [1.807, 2.05) is 149 Å². The Morgan fingerprint density at radius 2 is 0.375 bits per heavy atom. The van der Waals surface area contributed by atoms with Crippen LogP contribution in [0.3, 0.4) is 0 Å². The van der Waals surface area contributed by atoms with Crippen LogP contribution >= 0.6 is 119 Å². The van der Waals surface area contributed by atoms with E-state index in [-0.39, 0.29) is 147 Å². The van der Waals surface area contributed by atoms with Gasteiger partial charge in [-0.25, -0.2) is 34.4 Å². The summed E-state index contributed by atoms with van der Waals surface area (Å²) < 4.78 is 28.0. The molecule has 0 bridgehead atoms. The molecule has 8 aliphatic rings. The zero-order chi connectivity index (χ0) is 78.1. The first-order valence-electron chi connectivity index (χ1n) is 29.9. The van der Waals surface area contributed by atoms with Crippen molar-refractivity contribution in [3.63, 3.8) is 0 Å². The molecule has 8 aliphatic heterocycles. The molecule has 8 heterocycles. The largest absolute Gasteiger partial charge is 0.362 e. The predicted molar refractivity (Wildman–Crippen MR) is 404 cm³/mol. The number of hydrogen-bond acceptors (Lipinski definition) is 28. The summed E-state index contributed by atoms with van der Waals surface area (Å²) in [5, 5.41) is 0. The zero-order valence-electron chi connectivity index (χ0n) is 57.6. The van der Waals surface area contributed by atoms with E-state index < -0.39 is 0 Å². The Balaban J connectivity index is 0.000000590. The number of nitrogens with zero attached hydrogens (tertiary/aromatic N) is 8. The topological polar surface area (TPSA) is 336 Å². The Morgan fingerprint density at radius 1 is 0.231 bits per heavy atom. The summed E-state index contributed by atoms with van der Waals surface area (Å²) in [6.45, 7) is 7.99. The van der Waals surface area contributed by atoms with Gasteiger partial charge >= 0.3 is 0 Å². The van der Waals surface area contributed by atoms with E-state index in [1.165, 1.54) is 61.4 Å². The highest BCUT2D eigenvalue weighted by atomic mass is 35.5. The number of imide groups is 8. The van der Waals surface area contributed by atoms with Crippen molar-refractivity contribution in [3.05, 3.63) is 170 Å². The summed E-state index contributed by atoms with van der Waals surface area (Å²) in [7, 11) is 0. The normalized spacial score (nSPS) is 16.1. The van der Waals surface area contributed by atoms with E-state index in [0.29, 0.717) is 0 Å². The zero-order valence-corrected chi connectivity index (χ0v) is 65.6. The lowest BCUT2D eigenvalue weighted by Gasteiger charge is -2.23. The van der Waals surface area contributed by atoms with Gasteiger partial charge in [-0.3, -0.25) is 76.7 Å². The van der Waals surface area contributed by atoms with Gasteiger partial charge in [0.2, 0.25) is 0 Å². The van der Waals surface area contributed by atoms with Gasteiger partial charge in [-0.05, 0) is 144 Å². The van der Waals surface area contributed by atoms with Crippen LogP contribution in [0, 0.1) is 0 Å². The number of ether oxygens (including phenoxy) is 4. The fraction of sp³-hybridized carbons (Fsp3) is 0.273. The van der Waals surface area contributed by atoms with Crippen molar-refractivity contribution in [1.82, 2.24) is 34.4 Å². The second-order valence-electron chi connectivity index (χ2n) is 17.9. The van der Waals surface area contributed by atoms with E-state index in [1.54, 1.807) is 25.0 Å². The predicted octanol–water partition coefficient (Wildman–Crippen LogP) is 8.84. The molecule has 28 nitrogen and oxygen atoms in total. The number of hydrogen-bond donors (Lipinski definition) is 0. The fourth-order valence-electron chi connectivity index (χ4n) is 6.97. The minimum Gasteiger partial charge on any atom is -0.362 e. The van der Waals surface area contributed by atoms with E-state index in [4.69, 9.17) is 9.47 Å². The Hall–Kier alpha value is -7.82. The van der Waals surface area contributed by atoms with Crippen LogP contribution in [-0.4, -0.2) is 220 Å². The van der Waals surface area contributed by atoms with Gasteiger partial charge in [-0.1, -0.05) is 100 Å². The average molecular weight is 1630 g/mol. The SMILES string of the molecule is CC.CC.CCl.CCl.CSN1C(=O)C=CC1=O.CSN1C(=O)C=CC1=O.CSN1C(=O)COCC1=O.CSN1C(=O)COCC1=O.O=C1C=CC(=O)N1Sc1ccccc1.O=C1C=CC(=O)N1Sc1ccccc1.O=C1COCC(=O)N1Sc1ccccc1.O=C1COCC(=O)N1Sc1ccccc1. The van der Waals surface area contributed by atoms with E-state index >= 15 is 0 Å². The monoisotopic (exact) mass is 1620 g/mol. The quantitative estimate of drug-likeness (QED) is 0.0726. The molecule has 0 unspecified atom stereocenters. The third-order valence-corrected chi connectivity index (χ3v) is 18.4. The molecule has 0 aliphatic carbocycles. The number of carbonyl (C=O) groups is 16. The summed E-state index contributed by atoms with van der Waals surface area (Å²) in [4.78, 5) is 179. The van der Waals surface area contributed by atoms with Crippen molar-refractivity contribution in [2.24, 2.45) is 0 Å². The highest BCUT2D eigenvalue weighted by molar-refractivity contribution is 7.99. The van der Waals surface area contributed by atoms with Crippen molar-refractivity contribution in [2.45, 2.75) is 47.3 Å². The molecular weight excluding hydrogens is 1550 g/mol. The molecule has 104 heavy (non-hydrogen) atoms. The summed E-state index contributed by atoms with van der Waals surface area (Å²) in [5.41, 5.74) is 0. The van der Waals surface area contributed by atoms with Gasteiger partial charge in [-0.2, -0.15) is 0 Å². The van der Waals surface area contributed by atoms with Crippen LogP contribution in [-0.2, 0) is 95.7 Å². The first kappa shape index (κ1) is 94.2. The number of halogens is 2. The third-order valence-electron chi connectivity index (χ3n) is 11.2. The first-order valence-corrected chi connectivity index (χ1v) is 39.3. The third kappa shape index (κ3) is 33.5. The molecule has 0 atom stereocenters. The van der Waals surface area contributed by atoms with Gasteiger partial charge in [0.25, 0.3) is 94.5 Å². The summed E-state index contributed by atoms with van der Waals surface area (Å²) in [6, 6.07) is 37.2. The Morgan fingerprint density at radius 3 is 0.519 bits per heavy atom. The number of alkyl halides is 2. The van der Waals surface area contributed by atoms with Crippen molar-refractivity contribution < 1.29 is 95.7 Å². The Bertz CT molecular complexity index is 3300. The summed E-state index contributed by atoms with van der Waals surface area (Å²) in [5.74, 6) is -4.39. The smallest absolute Gasteiger partial charge is 0.265 e. The molecule has 12 rings (SSSR count). The van der Waals surface area contributed by atoms with Gasteiger partial charge in [0.15, 0.2) is 0 Å². The van der Waals surface area contributed by atoms with E-state index in [0.717, 1.165) is 150 Å². The maximum absolute atomic E-state index is 11.4. The first-order chi connectivity index (χ1) is 50.1.